The Morgan fingerprint density at radius 2 is 2.05 bits per heavy atom. The van der Waals surface area contributed by atoms with E-state index in [9.17, 15) is 9.90 Å². The maximum absolute atomic E-state index is 11.6. The van der Waals surface area contributed by atoms with Crippen molar-refractivity contribution in [3.05, 3.63) is 63.9 Å². The van der Waals surface area contributed by atoms with Gasteiger partial charge in [-0.1, -0.05) is 29.3 Å². The predicted octanol–water partition coefficient (Wildman–Crippen LogP) is 4.49. The molecule has 0 aliphatic rings. The van der Waals surface area contributed by atoms with Gasteiger partial charge in [0.1, 0.15) is 5.65 Å². The highest BCUT2D eigenvalue weighted by Gasteiger charge is 2.13. The van der Waals surface area contributed by atoms with Crippen LogP contribution < -0.4 is 0 Å². The van der Waals surface area contributed by atoms with Crippen LogP contribution in [0.2, 0.25) is 10.0 Å². The number of aromatic nitrogens is 2. The molecule has 3 aromatic rings. The minimum atomic E-state index is -1.04. The van der Waals surface area contributed by atoms with Gasteiger partial charge in [-0.2, -0.15) is 0 Å². The predicted molar refractivity (Wildman–Crippen MR) is 88.1 cm³/mol. The Labute approximate surface area is 136 Å². The monoisotopic (exact) mass is 332 g/mol. The second-order valence-electron chi connectivity index (χ2n) is 4.64. The molecular formula is C16H10Cl2N2O2. The van der Waals surface area contributed by atoms with E-state index in [0.29, 0.717) is 21.3 Å². The summed E-state index contributed by atoms with van der Waals surface area (Å²) in [5.41, 5.74) is 2.06. The third-order valence-corrected chi connectivity index (χ3v) is 3.98. The molecule has 0 saturated heterocycles. The zero-order valence-corrected chi connectivity index (χ0v) is 12.7. The van der Waals surface area contributed by atoms with Crippen LogP contribution in [0.1, 0.15) is 11.1 Å². The second-order valence-corrected chi connectivity index (χ2v) is 5.45. The summed E-state index contributed by atoms with van der Waals surface area (Å²) >= 11 is 11.8. The van der Waals surface area contributed by atoms with Crippen LogP contribution in [0.5, 0.6) is 0 Å². The number of aliphatic carboxylic acids is 1. The van der Waals surface area contributed by atoms with Gasteiger partial charge in [-0.15, -0.1) is 0 Å². The number of halogens is 2. The van der Waals surface area contributed by atoms with Crippen LogP contribution in [0, 0.1) is 0 Å². The Balaban J connectivity index is 2.15. The van der Waals surface area contributed by atoms with Crippen LogP contribution in [-0.2, 0) is 4.79 Å². The lowest BCUT2D eigenvalue weighted by molar-refractivity contribution is -0.130. The molecule has 1 aromatic carbocycles. The van der Waals surface area contributed by atoms with Crippen molar-refractivity contribution in [2.75, 3.05) is 0 Å². The number of hydrogen-bond donors (Lipinski definition) is 2. The quantitative estimate of drug-likeness (QED) is 0.694. The van der Waals surface area contributed by atoms with Gasteiger partial charge in [0.25, 0.3) is 0 Å². The van der Waals surface area contributed by atoms with Crippen molar-refractivity contribution in [3.8, 4) is 0 Å². The van der Waals surface area contributed by atoms with Gasteiger partial charge < -0.3 is 10.1 Å². The van der Waals surface area contributed by atoms with Crippen LogP contribution in [-0.4, -0.2) is 21.0 Å². The summed E-state index contributed by atoms with van der Waals surface area (Å²) in [5, 5.41) is 11.0. The summed E-state index contributed by atoms with van der Waals surface area (Å²) in [6.07, 6.45) is 4.98. The highest BCUT2D eigenvalue weighted by molar-refractivity contribution is 6.42. The van der Waals surface area contributed by atoms with E-state index in [0.717, 1.165) is 10.9 Å². The number of hydrogen-bond acceptors (Lipinski definition) is 2. The summed E-state index contributed by atoms with van der Waals surface area (Å²) in [6.45, 7) is 0. The highest BCUT2D eigenvalue weighted by atomic mass is 35.5. The number of nitrogens with zero attached hydrogens (tertiary/aromatic N) is 1. The molecule has 4 nitrogen and oxygen atoms in total. The van der Waals surface area contributed by atoms with Crippen molar-refractivity contribution < 1.29 is 9.90 Å². The fourth-order valence-electron chi connectivity index (χ4n) is 2.18. The fourth-order valence-corrected chi connectivity index (χ4v) is 2.48. The van der Waals surface area contributed by atoms with Crippen molar-refractivity contribution in [1.29, 1.82) is 0 Å². The molecule has 0 bridgehead atoms. The molecule has 0 aliphatic heterocycles. The van der Waals surface area contributed by atoms with Gasteiger partial charge in [-0.3, -0.25) is 0 Å². The van der Waals surface area contributed by atoms with E-state index in [2.05, 4.69) is 9.97 Å². The average molecular weight is 333 g/mol. The van der Waals surface area contributed by atoms with Crippen LogP contribution in [0.25, 0.3) is 22.7 Å². The molecule has 2 N–H and O–H groups in total. The molecule has 0 unspecified atom stereocenters. The lowest BCUT2D eigenvalue weighted by Crippen LogP contribution is -1.99. The molecule has 2 aromatic heterocycles. The molecule has 6 heteroatoms. The summed E-state index contributed by atoms with van der Waals surface area (Å²) < 4.78 is 0. The molecule has 3 rings (SSSR count). The first-order chi connectivity index (χ1) is 10.6. The van der Waals surface area contributed by atoms with Gasteiger partial charge in [0, 0.05) is 23.3 Å². The standard InChI is InChI=1S/C16H10Cl2N2O2/c17-13-4-3-9(7-14(13)18)12(16(21)22)6-10-8-20-15-11(10)2-1-5-19-15/h1-8H,(H,19,20)(H,21,22)/b12-6-. The lowest BCUT2D eigenvalue weighted by atomic mass is 10.0. The number of aromatic amines is 1. The first-order valence-corrected chi connectivity index (χ1v) is 7.14. The third kappa shape index (κ3) is 2.71. The molecule has 0 saturated carbocycles. The third-order valence-electron chi connectivity index (χ3n) is 3.24. The van der Waals surface area contributed by atoms with Gasteiger partial charge in [0.2, 0.25) is 0 Å². The lowest BCUT2D eigenvalue weighted by Gasteiger charge is -2.04. The molecule has 0 fully saturated rings. The van der Waals surface area contributed by atoms with Crippen LogP contribution in [0.3, 0.4) is 0 Å². The van der Waals surface area contributed by atoms with E-state index in [1.165, 1.54) is 6.07 Å². The van der Waals surface area contributed by atoms with Crippen molar-refractivity contribution in [1.82, 2.24) is 9.97 Å². The molecule has 0 atom stereocenters. The Kier molecular flexibility index (Phi) is 3.88. The maximum Gasteiger partial charge on any atom is 0.336 e. The summed E-state index contributed by atoms with van der Waals surface area (Å²) in [6, 6.07) is 8.41. The van der Waals surface area contributed by atoms with Gasteiger partial charge in [0.15, 0.2) is 0 Å². The van der Waals surface area contributed by atoms with Crippen molar-refractivity contribution in [3.63, 3.8) is 0 Å². The maximum atomic E-state index is 11.6. The minimum absolute atomic E-state index is 0.128. The van der Waals surface area contributed by atoms with Crippen LogP contribution >= 0.6 is 23.2 Å². The Morgan fingerprint density at radius 3 is 2.77 bits per heavy atom. The molecule has 110 valence electrons. The minimum Gasteiger partial charge on any atom is -0.478 e. The number of fused-ring (bicyclic) bond motifs is 1. The van der Waals surface area contributed by atoms with Gasteiger partial charge in [0.05, 0.1) is 15.6 Å². The molecule has 0 radical (unpaired) electrons. The normalized spacial score (nSPS) is 11.8. The van der Waals surface area contributed by atoms with Crippen LogP contribution in [0.4, 0.5) is 0 Å². The smallest absolute Gasteiger partial charge is 0.336 e. The van der Waals surface area contributed by atoms with Crippen molar-refractivity contribution in [2.24, 2.45) is 0 Å². The highest BCUT2D eigenvalue weighted by Crippen LogP contribution is 2.28. The molecule has 0 aliphatic carbocycles. The molecule has 0 amide bonds. The largest absolute Gasteiger partial charge is 0.478 e. The fraction of sp³-hybridized carbons (Fsp3) is 0. The zero-order chi connectivity index (χ0) is 15.7. The average Bonchev–Trinajstić information content (AvgIpc) is 2.91. The first-order valence-electron chi connectivity index (χ1n) is 6.39. The van der Waals surface area contributed by atoms with E-state index in [-0.39, 0.29) is 5.57 Å². The van der Waals surface area contributed by atoms with E-state index in [1.54, 1.807) is 36.7 Å². The second kappa shape index (κ2) is 5.83. The Morgan fingerprint density at radius 1 is 1.23 bits per heavy atom. The number of nitrogens with one attached hydrogen (secondary N) is 1. The zero-order valence-electron chi connectivity index (χ0n) is 11.2. The van der Waals surface area contributed by atoms with Crippen LogP contribution in [0.15, 0.2) is 42.7 Å². The molecule has 0 spiro atoms. The van der Waals surface area contributed by atoms with E-state index in [1.807, 2.05) is 6.07 Å². The van der Waals surface area contributed by atoms with Gasteiger partial charge >= 0.3 is 5.97 Å². The number of carboxylic acids is 1. The van der Waals surface area contributed by atoms with Gasteiger partial charge in [-0.25, -0.2) is 9.78 Å². The summed E-state index contributed by atoms with van der Waals surface area (Å²) in [5.74, 6) is -1.04. The molecular weight excluding hydrogens is 323 g/mol. The van der Waals surface area contributed by atoms with E-state index >= 15 is 0 Å². The molecule has 22 heavy (non-hydrogen) atoms. The first kappa shape index (κ1) is 14.6. The summed E-state index contributed by atoms with van der Waals surface area (Å²) in [4.78, 5) is 18.8. The molecule has 2 heterocycles. The number of H-pyrrole nitrogens is 1. The van der Waals surface area contributed by atoms with E-state index in [4.69, 9.17) is 23.2 Å². The number of rotatable bonds is 3. The number of carbonyl (C=O) groups is 1. The number of carboxylic acid groups (broad SMARTS) is 1. The van der Waals surface area contributed by atoms with Gasteiger partial charge in [-0.05, 0) is 35.9 Å². The number of benzene rings is 1. The SMILES string of the molecule is O=C(O)/C(=C\c1c[nH]c2ncccc12)c1ccc(Cl)c(Cl)c1. The van der Waals surface area contributed by atoms with E-state index < -0.39 is 5.97 Å². The van der Waals surface area contributed by atoms with Crippen molar-refractivity contribution in [2.45, 2.75) is 0 Å². The summed E-state index contributed by atoms with van der Waals surface area (Å²) in [7, 11) is 0. The topological polar surface area (TPSA) is 66.0 Å². The number of pyridine rings is 1. The Bertz CT molecular complexity index is 900. The van der Waals surface area contributed by atoms with Crippen molar-refractivity contribution >= 4 is 51.9 Å². The Hall–Kier alpha value is -2.30.